The lowest BCUT2D eigenvalue weighted by Crippen LogP contribution is -2.32. The van der Waals surface area contributed by atoms with Gasteiger partial charge in [-0.3, -0.25) is 9.69 Å². The number of rotatable bonds is 7. The van der Waals surface area contributed by atoms with Gasteiger partial charge in [-0.15, -0.1) is 0 Å². The quantitative estimate of drug-likeness (QED) is 0.740. The monoisotopic (exact) mass is 249 g/mol. The van der Waals surface area contributed by atoms with Crippen molar-refractivity contribution in [1.29, 1.82) is 0 Å². The molecule has 1 aromatic carbocycles. The van der Waals surface area contributed by atoms with Crippen LogP contribution >= 0.6 is 0 Å². The van der Waals surface area contributed by atoms with E-state index in [2.05, 4.69) is 11.8 Å². The minimum atomic E-state index is -0.281. The molecule has 1 aliphatic rings. The van der Waals surface area contributed by atoms with Gasteiger partial charge in [0.2, 0.25) is 0 Å². The summed E-state index contributed by atoms with van der Waals surface area (Å²) in [7, 11) is 0. The van der Waals surface area contributed by atoms with Crippen LogP contribution in [0.1, 0.15) is 25.3 Å². The minimum absolute atomic E-state index is 0.0996. The Morgan fingerprint density at radius 2 is 2.11 bits per heavy atom. The Bertz CT molecular complexity index is 415. The summed E-state index contributed by atoms with van der Waals surface area (Å²) in [5.41, 5.74) is 0.505. The predicted octanol–water partition coefficient (Wildman–Crippen LogP) is 2.67. The van der Waals surface area contributed by atoms with E-state index in [4.69, 9.17) is 0 Å². The van der Waals surface area contributed by atoms with E-state index in [1.807, 2.05) is 0 Å². The number of carbonyl (C=O) groups is 1. The third-order valence-corrected chi connectivity index (χ3v) is 3.41. The van der Waals surface area contributed by atoms with Crippen molar-refractivity contribution < 1.29 is 9.18 Å². The van der Waals surface area contributed by atoms with Gasteiger partial charge in [-0.1, -0.05) is 25.1 Å². The van der Waals surface area contributed by atoms with Crippen LogP contribution in [0.4, 0.5) is 4.39 Å². The molecular formula is C15H20FNO. The smallest absolute Gasteiger partial charge is 0.151 e. The Labute approximate surface area is 108 Å². The second-order valence-electron chi connectivity index (χ2n) is 5.08. The average molecular weight is 249 g/mol. The van der Waals surface area contributed by atoms with Crippen LogP contribution in [0.5, 0.6) is 0 Å². The zero-order valence-electron chi connectivity index (χ0n) is 10.9. The molecule has 0 atom stereocenters. The van der Waals surface area contributed by atoms with Crippen molar-refractivity contribution in [3.8, 4) is 0 Å². The van der Waals surface area contributed by atoms with Crippen LogP contribution < -0.4 is 0 Å². The van der Waals surface area contributed by atoms with Gasteiger partial charge in [0.25, 0.3) is 0 Å². The number of benzene rings is 1. The minimum Gasteiger partial charge on any atom is -0.298 e. The maximum Gasteiger partial charge on any atom is 0.151 e. The second-order valence-corrected chi connectivity index (χ2v) is 5.08. The van der Waals surface area contributed by atoms with Crippen molar-refractivity contribution in [2.75, 3.05) is 19.6 Å². The Kier molecular flexibility index (Phi) is 4.48. The number of hydrogen-bond donors (Lipinski definition) is 0. The van der Waals surface area contributed by atoms with Crippen molar-refractivity contribution in [3.05, 3.63) is 35.6 Å². The van der Waals surface area contributed by atoms with Crippen LogP contribution in [0, 0.1) is 11.7 Å². The molecule has 2 rings (SSSR count). The highest BCUT2D eigenvalue weighted by Gasteiger charge is 2.24. The second kappa shape index (κ2) is 6.10. The predicted molar refractivity (Wildman–Crippen MR) is 69.9 cm³/mol. The Morgan fingerprint density at radius 1 is 1.39 bits per heavy atom. The molecule has 1 saturated carbocycles. The van der Waals surface area contributed by atoms with Crippen molar-refractivity contribution in [2.24, 2.45) is 5.92 Å². The van der Waals surface area contributed by atoms with Crippen molar-refractivity contribution in [2.45, 2.75) is 26.2 Å². The van der Waals surface area contributed by atoms with Crippen LogP contribution in [0.2, 0.25) is 0 Å². The first-order valence-corrected chi connectivity index (χ1v) is 6.66. The summed E-state index contributed by atoms with van der Waals surface area (Å²) in [5.74, 6) is 0.602. The molecule has 0 aliphatic heterocycles. The van der Waals surface area contributed by atoms with Crippen molar-refractivity contribution in [3.63, 3.8) is 0 Å². The molecule has 0 unspecified atom stereocenters. The van der Waals surface area contributed by atoms with E-state index >= 15 is 0 Å². The van der Waals surface area contributed by atoms with E-state index in [1.54, 1.807) is 18.2 Å². The topological polar surface area (TPSA) is 20.3 Å². The molecule has 0 N–H and O–H groups in total. The van der Waals surface area contributed by atoms with Gasteiger partial charge in [-0.2, -0.15) is 0 Å². The molecule has 1 aromatic rings. The Balaban J connectivity index is 1.85. The summed E-state index contributed by atoms with van der Waals surface area (Å²) in [4.78, 5) is 14.1. The molecule has 98 valence electrons. The van der Waals surface area contributed by atoms with E-state index in [-0.39, 0.29) is 18.0 Å². The fourth-order valence-electron chi connectivity index (χ4n) is 2.13. The summed E-state index contributed by atoms with van der Waals surface area (Å²) in [6.45, 7) is 4.42. The Hall–Kier alpha value is -1.22. The van der Waals surface area contributed by atoms with Crippen LogP contribution in [-0.2, 0) is 11.2 Å². The molecule has 3 heteroatoms. The number of hydrogen-bond acceptors (Lipinski definition) is 2. The molecule has 0 bridgehead atoms. The maximum atomic E-state index is 13.4. The SMILES string of the molecule is CCN(CC(=O)Cc1ccccc1F)CC1CC1. The highest BCUT2D eigenvalue weighted by Crippen LogP contribution is 2.29. The number of Topliss-reactive ketones (excluding diaryl/α,β-unsaturated/α-hetero) is 1. The summed E-state index contributed by atoms with van der Waals surface area (Å²) in [5, 5.41) is 0. The van der Waals surface area contributed by atoms with E-state index in [0.29, 0.717) is 12.1 Å². The maximum absolute atomic E-state index is 13.4. The van der Waals surface area contributed by atoms with Gasteiger partial charge >= 0.3 is 0 Å². The molecular weight excluding hydrogens is 229 g/mol. The van der Waals surface area contributed by atoms with E-state index < -0.39 is 0 Å². The number of likely N-dealkylation sites (N-methyl/N-ethyl adjacent to an activating group) is 1. The summed E-state index contributed by atoms with van der Waals surface area (Å²) in [6.07, 6.45) is 2.78. The van der Waals surface area contributed by atoms with Gasteiger partial charge in [0.1, 0.15) is 5.82 Å². The third-order valence-electron chi connectivity index (χ3n) is 3.41. The van der Waals surface area contributed by atoms with Gasteiger partial charge < -0.3 is 0 Å². The fraction of sp³-hybridized carbons (Fsp3) is 0.533. The third kappa shape index (κ3) is 3.91. The van der Waals surface area contributed by atoms with Crippen LogP contribution in [0.15, 0.2) is 24.3 Å². The highest BCUT2D eigenvalue weighted by molar-refractivity contribution is 5.82. The van der Waals surface area contributed by atoms with Crippen molar-refractivity contribution >= 4 is 5.78 Å². The summed E-state index contributed by atoms with van der Waals surface area (Å²) in [6, 6.07) is 6.51. The van der Waals surface area contributed by atoms with Crippen LogP contribution in [0.25, 0.3) is 0 Å². The molecule has 2 nitrogen and oxygen atoms in total. The number of ketones is 1. The van der Waals surface area contributed by atoms with Gasteiger partial charge in [0.15, 0.2) is 5.78 Å². The number of nitrogens with zero attached hydrogens (tertiary/aromatic N) is 1. The largest absolute Gasteiger partial charge is 0.298 e. The van der Waals surface area contributed by atoms with Crippen LogP contribution in [-0.4, -0.2) is 30.3 Å². The normalized spacial score (nSPS) is 15.1. The fourth-order valence-corrected chi connectivity index (χ4v) is 2.13. The van der Waals surface area contributed by atoms with Gasteiger partial charge in [0, 0.05) is 13.0 Å². The molecule has 0 spiro atoms. The zero-order valence-corrected chi connectivity index (χ0v) is 10.9. The van der Waals surface area contributed by atoms with Gasteiger partial charge in [-0.05, 0) is 36.9 Å². The zero-order chi connectivity index (χ0) is 13.0. The van der Waals surface area contributed by atoms with E-state index in [1.165, 1.54) is 18.9 Å². The standard InChI is InChI=1S/C15H20FNO/c1-2-17(10-12-7-8-12)11-14(18)9-13-5-3-4-6-15(13)16/h3-6,12H,2,7-11H2,1H3. The first kappa shape index (κ1) is 13.2. The number of carbonyl (C=O) groups excluding carboxylic acids is 1. The van der Waals surface area contributed by atoms with Crippen molar-refractivity contribution in [1.82, 2.24) is 4.90 Å². The van der Waals surface area contributed by atoms with E-state index in [9.17, 15) is 9.18 Å². The summed E-state index contributed by atoms with van der Waals surface area (Å²) >= 11 is 0. The lowest BCUT2D eigenvalue weighted by molar-refractivity contribution is -0.119. The average Bonchev–Trinajstić information content (AvgIpc) is 3.15. The van der Waals surface area contributed by atoms with Gasteiger partial charge in [0.05, 0.1) is 6.54 Å². The van der Waals surface area contributed by atoms with E-state index in [0.717, 1.165) is 19.0 Å². The summed E-state index contributed by atoms with van der Waals surface area (Å²) < 4.78 is 13.4. The van der Waals surface area contributed by atoms with Gasteiger partial charge in [-0.25, -0.2) is 4.39 Å². The molecule has 0 heterocycles. The lowest BCUT2D eigenvalue weighted by atomic mass is 10.1. The molecule has 0 amide bonds. The first-order chi connectivity index (χ1) is 8.69. The molecule has 0 radical (unpaired) electrons. The Morgan fingerprint density at radius 3 is 2.72 bits per heavy atom. The molecule has 0 saturated heterocycles. The highest BCUT2D eigenvalue weighted by atomic mass is 19.1. The molecule has 1 fully saturated rings. The first-order valence-electron chi connectivity index (χ1n) is 6.66. The van der Waals surface area contributed by atoms with Crippen LogP contribution in [0.3, 0.4) is 0 Å². The molecule has 0 aromatic heterocycles. The lowest BCUT2D eigenvalue weighted by Gasteiger charge is -2.19. The molecule has 1 aliphatic carbocycles. The molecule has 18 heavy (non-hydrogen) atoms. The number of halogens is 1.